The predicted molar refractivity (Wildman–Crippen MR) is 114 cm³/mol. The van der Waals surface area contributed by atoms with Gasteiger partial charge in [-0.1, -0.05) is 50.2 Å². The molecule has 3 N–H and O–H groups in total. The van der Waals surface area contributed by atoms with Gasteiger partial charge in [0.05, 0.1) is 0 Å². The Morgan fingerprint density at radius 1 is 0.933 bits per heavy atom. The molecule has 0 heterocycles. The summed E-state index contributed by atoms with van der Waals surface area (Å²) in [5.74, 6) is -0.857. The van der Waals surface area contributed by atoms with Gasteiger partial charge in [0.25, 0.3) is 0 Å². The number of hydrogen-bond acceptors (Lipinski definition) is 5. The van der Waals surface area contributed by atoms with Gasteiger partial charge in [0.1, 0.15) is 19.3 Å². The molecular formula is C22H27N3O5. The average Bonchev–Trinajstić information content (AvgIpc) is 2.71. The van der Waals surface area contributed by atoms with Crippen molar-refractivity contribution in [1.82, 2.24) is 5.32 Å². The second-order valence-electron chi connectivity index (χ2n) is 6.98. The van der Waals surface area contributed by atoms with Crippen molar-refractivity contribution in [2.24, 2.45) is 5.92 Å². The van der Waals surface area contributed by atoms with Crippen molar-refractivity contribution in [2.75, 3.05) is 24.4 Å². The van der Waals surface area contributed by atoms with Gasteiger partial charge in [-0.2, -0.15) is 0 Å². The van der Waals surface area contributed by atoms with E-state index in [9.17, 15) is 14.4 Å². The predicted octanol–water partition coefficient (Wildman–Crippen LogP) is 3.16. The van der Waals surface area contributed by atoms with E-state index in [1.807, 2.05) is 44.2 Å². The first kappa shape index (κ1) is 22.9. The first-order valence-electron chi connectivity index (χ1n) is 9.56. The van der Waals surface area contributed by atoms with Crippen molar-refractivity contribution in [3.8, 4) is 0 Å². The van der Waals surface area contributed by atoms with Crippen LogP contribution in [-0.4, -0.2) is 37.7 Å². The SMILES string of the molecule is COCC(=O)Nc1cccc(NC(=O)[C@@H](NC(=O)OCc2ccccc2)C(C)C)c1. The number of alkyl carbamates (subject to hydrolysis) is 1. The maximum Gasteiger partial charge on any atom is 0.408 e. The molecule has 0 aliphatic carbocycles. The fraction of sp³-hybridized carbons (Fsp3) is 0.318. The van der Waals surface area contributed by atoms with Crippen molar-refractivity contribution in [1.29, 1.82) is 0 Å². The minimum absolute atomic E-state index is 0.0684. The summed E-state index contributed by atoms with van der Waals surface area (Å²) in [5.41, 5.74) is 1.86. The third kappa shape index (κ3) is 7.56. The third-order valence-corrected chi connectivity index (χ3v) is 4.12. The smallest absolute Gasteiger partial charge is 0.408 e. The van der Waals surface area contributed by atoms with Crippen LogP contribution < -0.4 is 16.0 Å². The first-order valence-corrected chi connectivity index (χ1v) is 9.56. The molecule has 0 fully saturated rings. The number of methoxy groups -OCH3 is 1. The molecule has 0 saturated carbocycles. The molecule has 0 aliphatic rings. The minimum Gasteiger partial charge on any atom is -0.445 e. The molecule has 2 aromatic carbocycles. The quantitative estimate of drug-likeness (QED) is 0.586. The van der Waals surface area contributed by atoms with Crippen LogP contribution >= 0.6 is 0 Å². The Bertz CT molecular complexity index is 855. The van der Waals surface area contributed by atoms with Crippen molar-refractivity contribution in [2.45, 2.75) is 26.5 Å². The molecule has 3 amide bonds. The second kappa shape index (κ2) is 11.6. The van der Waals surface area contributed by atoms with Crippen molar-refractivity contribution in [3.05, 3.63) is 60.2 Å². The van der Waals surface area contributed by atoms with Gasteiger partial charge in [-0.15, -0.1) is 0 Å². The number of nitrogens with one attached hydrogen (secondary N) is 3. The molecule has 0 saturated heterocycles. The number of benzene rings is 2. The van der Waals surface area contributed by atoms with E-state index in [0.29, 0.717) is 11.4 Å². The summed E-state index contributed by atoms with van der Waals surface area (Å²) in [7, 11) is 1.43. The van der Waals surface area contributed by atoms with E-state index in [-0.39, 0.29) is 30.9 Å². The fourth-order valence-corrected chi connectivity index (χ4v) is 2.65. The zero-order valence-electron chi connectivity index (χ0n) is 17.3. The number of anilines is 2. The van der Waals surface area contributed by atoms with E-state index in [4.69, 9.17) is 9.47 Å². The summed E-state index contributed by atoms with van der Waals surface area (Å²) in [5, 5.41) is 8.04. The lowest BCUT2D eigenvalue weighted by molar-refractivity contribution is -0.120. The summed E-state index contributed by atoms with van der Waals surface area (Å²) in [4.78, 5) is 36.5. The average molecular weight is 413 g/mol. The standard InChI is InChI=1S/C22H27N3O5/c1-15(2)20(25-22(28)30-13-16-8-5-4-6-9-16)21(27)24-18-11-7-10-17(12-18)23-19(26)14-29-3/h4-12,15,20H,13-14H2,1-3H3,(H,23,26)(H,24,27)(H,25,28)/t20-/m0/s1. The maximum atomic E-state index is 12.7. The lowest BCUT2D eigenvalue weighted by atomic mass is 10.0. The molecule has 2 aromatic rings. The number of amides is 3. The lowest BCUT2D eigenvalue weighted by Gasteiger charge is -2.21. The summed E-state index contributed by atoms with van der Waals surface area (Å²) in [6, 6.07) is 15.2. The van der Waals surface area contributed by atoms with E-state index in [1.54, 1.807) is 24.3 Å². The number of rotatable bonds is 9. The van der Waals surface area contributed by atoms with Gasteiger partial charge in [-0.25, -0.2) is 4.79 Å². The molecule has 0 aliphatic heterocycles. The highest BCUT2D eigenvalue weighted by molar-refractivity contribution is 5.98. The summed E-state index contributed by atoms with van der Waals surface area (Å²) >= 11 is 0. The van der Waals surface area contributed by atoms with Crippen LogP contribution in [0.3, 0.4) is 0 Å². The lowest BCUT2D eigenvalue weighted by Crippen LogP contribution is -2.47. The Morgan fingerprint density at radius 3 is 2.23 bits per heavy atom. The number of carbonyl (C=O) groups is 3. The van der Waals surface area contributed by atoms with E-state index in [2.05, 4.69) is 16.0 Å². The molecule has 0 bridgehead atoms. The largest absolute Gasteiger partial charge is 0.445 e. The third-order valence-electron chi connectivity index (χ3n) is 4.12. The monoisotopic (exact) mass is 413 g/mol. The van der Waals surface area contributed by atoms with Crippen LogP contribution in [0.2, 0.25) is 0 Å². The Balaban J connectivity index is 1.95. The Hall–Kier alpha value is -3.39. The van der Waals surface area contributed by atoms with Crippen LogP contribution in [0.1, 0.15) is 19.4 Å². The minimum atomic E-state index is -0.792. The van der Waals surface area contributed by atoms with Crippen LogP contribution in [0, 0.1) is 5.92 Å². The maximum absolute atomic E-state index is 12.7. The van der Waals surface area contributed by atoms with Crippen molar-refractivity contribution < 1.29 is 23.9 Å². The van der Waals surface area contributed by atoms with Crippen LogP contribution in [0.15, 0.2) is 54.6 Å². The Kier molecular flexibility index (Phi) is 8.83. The van der Waals surface area contributed by atoms with Crippen LogP contribution in [0.25, 0.3) is 0 Å². The molecule has 1 atom stereocenters. The van der Waals surface area contributed by atoms with Crippen molar-refractivity contribution >= 4 is 29.3 Å². The van der Waals surface area contributed by atoms with Crippen LogP contribution in [0.4, 0.5) is 16.2 Å². The Morgan fingerprint density at radius 2 is 1.60 bits per heavy atom. The molecule has 2 rings (SSSR count). The normalized spacial score (nSPS) is 11.5. The Labute approximate surface area is 175 Å². The van der Waals surface area contributed by atoms with Gasteiger partial charge >= 0.3 is 6.09 Å². The van der Waals surface area contributed by atoms with E-state index in [0.717, 1.165) is 5.56 Å². The van der Waals surface area contributed by atoms with Crippen molar-refractivity contribution in [3.63, 3.8) is 0 Å². The van der Waals surface area contributed by atoms with E-state index in [1.165, 1.54) is 7.11 Å². The second-order valence-corrected chi connectivity index (χ2v) is 6.98. The summed E-state index contributed by atoms with van der Waals surface area (Å²) in [6.45, 7) is 3.69. The molecule has 30 heavy (non-hydrogen) atoms. The number of carbonyl (C=O) groups excluding carboxylic acids is 3. The van der Waals surface area contributed by atoms with E-state index >= 15 is 0 Å². The fourth-order valence-electron chi connectivity index (χ4n) is 2.65. The molecule has 160 valence electrons. The highest BCUT2D eigenvalue weighted by Gasteiger charge is 2.25. The van der Waals surface area contributed by atoms with Crippen LogP contribution in [-0.2, 0) is 25.7 Å². The molecule has 0 radical (unpaired) electrons. The van der Waals surface area contributed by atoms with Gasteiger partial charge in [-0.05, 0) is 29.7 Å². The van der Waals surface area contributed by atoms with Crippen LogP contribution in [0.5, 0.6) is 0 Å². The molecular weight excluding hydrogens is 386 g/mol. The highest BCUT2D eigenvalue weighted by Crippen LogP contribution is 2.16. The van der Waals surface area contributed by atoms with E-state index < -0.39 is 12.1 Å². The molecule has 8 heteroatoms. The topological polar surface area (TPSA) is 106 Å². The number of hydrogen-bond donors (Lipinski definition) is 3. The van der Waals surface area contributed by atoms with Gasteiger partial charge in [0.2, 0.25) is 11.8 Å². The molecule has 0 aromatic heterocycles. The molecule has 0 spiro atoms. The highest BCUT2D eigenvalue weighted by atomic mass is 16.5. The van der Waals surface area contributed by atoms with Gasteiger partial charge in [-0.3, -0.25) is 9.59 Å². The number of ether oxygens (including phenoxy) is 2. The first-order chi connectivity index (χ1) is 14.4. The van der Waals surface area contributed by atoms with Gasteiger partial charge < -0.3 is 25.4 Å². The van der Waals surface area contributed by atoms with Gasteiger partial charge in [0, 0.05) is 18.5 Å². The molecule has 0 unspecified atom stereocenters. The zero-order valence-corrected chi connectivity index (χ0v) is 17.3. The zero-order chi connectivity index (χ0) is 21.9. The summed E-state index contributed by atoms with van der Waals surface area (Å²) < 4.78 is 9.99. The van der Waals surface area contributed by atoms with Gasteiger partial charge in [0.15, 0.2) is 0 Å². The molecule has 8 nitrogen and oxygen atoms in total. The summed E-state index contributed by atoms with van der Waals surface area (Å²) in [6.07, 6.45) is -0.673.